The minimum atomic E-state index is -0.357. The number of amides is 1. The van der Waals surface area contributed by atoms with E-state index in [1.807, 2.05) is 0 Å². The van der Waals surface area contributed by atoms with Gasteiger partial charge >= 0.3 is 0 Å². The van der Waals surface area contributed by atoms with Crippen molar-refractivity contribution in [2.75, 3.05) is 5.32 Å². The van der Waals surface area contributed by atoms with Crippen LogP contribution in [0, 0.1) is 5.82 Å². The highest BCUT2D eigenvalue weighted by atomic mass is 35.5. The quantitative estimate of drug-likeness (QED) is 0.579. The van der Waals surface area contributed by atoms with Gasteiger partial charge in [0, 0.05) is 10.6 Å². The number of carbonyl (C=O) groups excluding carboxylic acids is 1. The molecule has 0 atom stereocenters. The molecule has 26 heavy (non-hydrogen) atoms. The van der Waals surface area contributed by atoms with E-state index in [-0.39, 0.29) is 18.3 Å². The molecular weight excluding hydrogens is 379 g/mol. The largest absolute Gasteiger partial charge is 0.300 e. The molecule has 1 N–H and O–H groups in total. The van der Waals surface area contributed by atoms with Crippen LogP contribution in [-0.2, 0) is 11.3 Å². The van der Waals surface area contributed by atoms with Crippen LogP contribution in [-0.4, -0.2) is 31.1 Å². The lowest BCUT2D eigenvalue weighted by Crippen LogP contribution is -2.20. The van der Waals surface area contributed by atoms with Crippen LogP contribution in [0.5, 0.6) is 0 Å². The highest BCUT2D eigenvalue weighted by molar-refractivity contribution is 7.22. The van der Waals surface area contributed by atoms with E-state index in [1.165, 1.54) is 28.3 Å². The molecule has 2 aromatic heterocycles. The summed E-state index contributed by atoms with van der Waals surface area (Å²) >= 11 is 7.04. The summed E-state index contributed by atoms with van der Waals surface area (Å²) in [6.45, 7) is -0.120. The molecule has 2 aromatic carbocycles. The summed E-state index contributed by atoms with van der Waals surface area (Å²) in [7, 11) is 0. The second-order valence-corrected chi connectivity index (χ2v) is 6.80. The first-order chi connectivity index (χ1) is 12.6. The molecule has 0 saturated carbocycles. The van der Waals surface area contributed by atoms with Crippen LogP contribution in [0.4, 0.5) is 9.52 Å². The normalized spacial score (nSPS) is 11.0. The Morgan fingerprint density at radius 1 is 1.23 bits per heavy atom. The Hall–Kier alpha value is -2.91. The van der Waals surface area contributed by atoms with E-state index in [9.17, 15) is 9.18 Å². The Labute approximate surface area is 155 Å². The molecule has 130 valence electrons. The second kappa shape index (κ2) is 6.77. The zero-order valence-electron chi connectivity index (χ0n) is 13.1. The predicted molar refractivity (Wildman–Crippen MR) is 96.5 cm³/mol. The number of anilines is 1. The number of nitrogens with zero attached hydrogens (tertiary/aromatic N) is 5. The van der Waals surface area contributed by atoms with Gasteiger partial charge in [-0.1, -0.05) is 22.9 Å². The molecule has 0 radical (unpaired) electrons. The lowest BCUT2D eigenvalue weighted by Gasteiger charge is -1.99. The van der Waals surface area contributed by atoms with Gasteiger partial charge in [0.05, 0.1) is 10.2 Å². The van der Waals surface area contributed by atoms with Crippen molar-refractivity contribution in [2.24, 2.45) is 0 Å². The molecule has 0 unspecified atom stereocenters. The number of tetrazole rings is 1. The molecule has 0 saturated heterocycles. The zero-order valence-corrected chi connectivity index (χ0v) is 14.6. The van der Waals surface area contributed by atoms with Gasteiger partial charge in [-0.25, -0.2) is 9.37 Å². The first-order valence-corrected chi connectivity index (χ1v) is 8.66. The fourth-order valence-electron chi connectivity index (χ4n) is 2.26. The molecule has 7 nitrogen and oxygen atoms in total. The molecule has 0 aliphatic carbocycles. The molecule has 4 rings (SSSR count). The molecule has 4 aromatic rings. The van der Waals surface area contributed by atoms with Crippen LogP contribution >= 0.6 is 22.9 Å². The number of thiazole rings is 1. The number of carbonyl (C=O) groups is 1. The van der Waals surface area contributed by atoms with Gasteiger partial charge in [0.1, 0.15) is 12.4 Å². The van der Waals surface area contributed by atoms with E-state index in [0.29, 0.717) is 26.2 Å². The number of aromatic nitrogens is 5. The van der Waals surface area contributed by atoms with Crippen molar-refractivity contribution < 1.29 is 9.18 Å². The monoisotopic (exact) mass is 388 g/mol. The Kier molecular flexibility index (Phi) is 4.31. The van der Waals surface area contributed by atoms with Crippen LogP contribution in [0.1, 0.15) is 0 Å². The standard InChI is InChI=1S/C16H10ClFN6OS/c17-10-3-1-9(2-4-10)15-21-23-24(22-15)8-14(25)20-16-19-12-6-5-11(18)7-13(12)26-16/h1-7H,8H2,(H,19,20,25). The fourth-order valence-corrected chi connectivity index (χ4v) is 3.30. The number of hydrogen-bond acceptors (Lipinski definition) is 6. The number of hydrogen-bond donors (Lipinski definition) is 1. The van der Waals surface area contributed by atoms with Gasteiger partial charge in [0.25, 0.3) is 0 Å². The minimum absolute atomic E-state index is 0.120. The van der Waals surface area contributed by atoms with E-state index in [2.05, 4.69) is 25.7 Å². The Bertz CT molecular complexity index is 1090. The molecule has 2 heterocycles. The Morgan fingerprint density at radius 2 is 2.04 bits per heavy atom. The van der Waals surface area contributed by atoms with Crippen LogP contribution in [0.15, 0.2) is 42.5 Å². The molecular formula is C16H10ClFN6OS. The third kappa shape index (κ3) is 3.53. The third-order valence-electron chi connectivity index (χ3n) is 3.44. The van der Waals surface area contributed by atoms with E-state index in [4.69, 9.17) is 11.6 Å². The average molecular weight is 389 g/mol. The van der Waals surface area contributed by atoms with Crippen molar-refractivity contribution >= 4 is 44.2 Å². The maximum Gasteiger partial charge on any atom is 0.249 e. The maximum atomic E-state index is 13.2. The van der Waals surface area contributed by atoms with Crippen molar-refractivity contribution in [2.45, 2.75) is 6.54 Å². The van der Waals surface area contributed by atoms with E-state index in [0.717, 1.165) is 5.56 Å². The van der Waals surface area contributed by atoms with Crippen LogP contribution in [0.25, 0.3) is 21.6 Å². The van der Waals surface area contributed by atoms with Crippen LogP contribution < -0.4 is 5.32 Å². The van der Waals surface area contributed by atoms with Gasteiger partial charge in [-0.3, -0.25) is 4.79 Å². The maximum absolute atomic E-state index is 13.2. The minimum Gasteiger partial charge on any atom is -0.300 e. The molecule has 0 aliphatic rings. The lowest BCUT2D eigenvalue weighted by atomic mass is 10.2. The van der Waals surface area contributed by atoms with Crippen LogP contribution in [0.2, 0.25) is 5.02 Å². The first-order valence-electron chi connectivity index (χ1n) is 7.46. The molecule has 10 heteroatoms. The van der Waals surface area contributed by atoms with Crippen LogP contribution in [0.3, 0.4) is 0 Å². The van der Waals surface area contributed by atoms with Gasteiger partial charge in [0.15, 0.2) is 5.13 Å². The Morgan fingerprint density at radius 3 is 2.85 bits per heavy atom. The topological polar surface area (TPSA) is 85.6 Å². The van der Waals surface area contributed by atoms with Gasteiger partial charge in [-0.05, 0) is 47.7 Å². The highest BCUT2D eigenvalue weighted by Gasteiger charge is 2.12. The second-order valence-electron chi connectivity index (χ2n) is 5.33. The molecule has 0 aliphatic heterocycles. The number of nitrogens with one attached hydrogen (secondary N) is 1. The molecule has 0 bridgehead atoms. The summed E-state index contributed by atoms with van der Waals surface area (Å²) in [4.78, 5) is 17.6. The average Bonchev–Trinajstić information content (AvgIpc) is 3.21. The zero-order chi connectivity index (χ0) is 18.1. The van der Waals surface area contributed by atoms with E-state index >= 15 is 0 Å². The van der Waals surface area contributed by atoms with Gasteiger partial charge < -0.3 is 5.32 Å². The van der Waals surface area contributed by atoms with Crippen molar-refractivity contribution in [1.29, 1.82) is 0 Å². The van der Waals surface area contributed by atoms with Gasteiger partial charge in [0.2, 0.25) is 11.7 Å². The summed E-state index contributed by atoms with van der Waals surface area (Å²) in [5.74, 6) is -0.310. The van der Waals surface area contributed by atoms with Crippen molar-refractivity contribution in [3.05, 3.63) is 53.3 Å². The summed E-state index contributed by atoms with van der Waals surface area (Å²) in [6, 6.07) is 11.2. The summed E-state index contributed by atoms with van der Waals surface area (Å²) in [5, 5.41) is 15.6. The highest BCUT2D eigenvalue weighted by Crippen LogP contribution is 2.26. The Balaban J connectivity index is 1.45. The first kappa shape index (κ1) is 16.6. The lowest BCUT2D eigenvalue weighted by molar-refractivity contribution is -0.117. The van der Waals surface area contributed by atoms with Gasteiger partial charge in [-0.15, -0.1) is 10.2 Å². The number of benzene rings is 2. The summed E-state index contributed by atoms with van der Waals surface area (Å²) in [6.07, 6.45) is 0. The SMILES string of the molecule is O=C(Cn1nnc(-c2ccc(Cl)cc2)n1)Nc1nc2ccc(F)cc2s1. The van der Waals surface area contributed by atoms with E-state index in [1.54, 1.807) is 30.3 Å². The smallest absolute Gasteiger partial charge is 0.249 e. The van der Waals surface area contributed by atoms with E-state index < -0.39 is 0 Å². The number of halogens is 2. The third-order valence-corrected chi connectivity index (χ3v) is 4.62. The summed E-state index contributed by atoms with van der Waals surface area (Å²) in [5.41, 5.74) is 1.37. The van der Waals surface area contributed by atoms with Crippen molar-refractivity contribution in [3.63, 3.8) is 0 Å². The molecule has 1 amide bonds. The molecule has 0 spiro atoms. The van der Waals surface area contributed by atoms with Gasteiger partial charge in [-0.2, -0.15) is 4.80 Å². The summed E-state index contributed by atoms with van der Waals surface area (Å²) < 4.78 is 13.9. The number of rotatable bonds is 4. The fraction of sp³-hybridized carbons (Fsp3) is 0.0625. The predicted octanol–water partition coefficient (Wildman–Crippen LogP) is 3.38. The number of fused-ring (bicyclic) bond motifs is 1. The molecule has 0 fully saturated rings. The van der Waals surface area contributed by atoms with Crippen molar-refractivity contribution in [3.8, 4) is 11.4 Å². The van der Waals surface area contributed by atoms with Crippen molar-refractivity contribution in [1.82, 2.24) is 25.2 Å².